The summed E-state index contributed by atoms with van der Waals surface area (Å²) < 4.78 is 0. The minimum atomic E-state index is -0.671. The van der Waals surface area contributed by atoms with Crippen LogP contribution >= 0.6 is 0 Å². The molecule has 2 N–H and O–H groups in total. The molecule has 4 heteroatoms. The Bertz CT molecular complexity index is 484. The molecule has 108 valence electrons. The fraction of sp³-hybridized carbons (Fsp3) is 0.562. The van der Waals surface area contributed by atoms with E-state index < -0.39 is 5.60 Å². The quantitative estimate of drug-likeness (QED) is 0.883. The van der Waals surface area contributed by atoms with Crippen molar-refractivity contribution in [2.75, 3.05) is 18.9 Å². The molecule has 1 fully saturated rings. The van der Waals surface area contributed by atoms with Gasteiger partial charge in [-0.1, -0.05) is 31.0 Å². The first-order valence-corrected chi connectivity index (χ1v) is 7.39. The highest BCUT2D eigenvalue weighted by Crippen LogP contribution is 2.31. The topological polar surface area (TPSA) is 52.6 Å². The highest BCUT2D eigenvalue weighted by molar-refractivity contribution is 5.87. The van der Waals surface area contributed by atoms with Crippen LogP contribution in [0.3, 0.4) is 0 Å². The van der Waals surface area contributed by atoms with Crippen LogP contribution in [0.4, 0.5) is 5.69 Å². The lowest BCUT2D eigenvalue weighted by atomic mass is 10.0. The Morgan fingerprint density at radius 3 is 2.80 bits per heavy atom. The van der Waals surface area contributed by atoms with Crippen molar-refractivity contribution >= 4 is 11.6 Å². The Kier molecular flexibility index (Phi) is 3.42. The molecule has 2 aliphatic rings. The van der Waals surface area contributed by atoms with Gasteiger partial charge in [0.15, 0.2) is 0 Å². The molecule has 0 bridgehead atoms. The van der Waals surface area contributed by atoms with Gasteiger partial charge in [-0.15, -0.1) is 0 Å². The summed E-state index contributed by atoms with van der Waals surface area (Å²) in [5.74, 6) is 0.0709. The molecular weight excluding hydrogens is 252 g/mol. The minimum Gasteiger partial charge on any atom is -0.388 e. The van der Waals surface area contributed by atoms with Crippen molar-refractivity contribution in [3.63, 3.8) is 0 Å². The maximum Gasteiger partial charge on any atom is 0.245 e. The Morgan fingerprint density at radius 1 is 1.40 bits per heavy atom. The molecule has 1 aromatic rings. The lowest BCUT2D eigenvalue weighted by Crippen LogP contribution is -2.47. The van der Waals surface area contributed by atoms with Gasteiger partial charge in [-0.05, 0) is 24.5 Å². The maximum atomic E-state index is 12.5. The van der Waals surface area contributed by atoms with Crippen molar-refractivity contribution in [1.29, 1.82) is 0 Å². The van der Waals surface area contributed by atoms with Crippen molar-refractivity contribution in [3.05, 3.63) is 29.8 Å². The lowest BCUT2D eigenvalue weighted by Gasteiger charge is -2.30. The lowest BCUT2D eigenvalue weighted by molar-refractivity contribution is -0.133. The summed E-state index contributed by atoms with van der Waals surface area (Å²) in [6.07, 6.45) is 4.47. The number of amides is 1. The van der Waals surface area contributed by atoms with Crippen LogP contribution in [0.2, 0.25) is 0 Å². The molecule has 4 nitrogen and oxygen atoms in total. The Hall–Kier alpha value is -1.55. The van der Waals surface area contributed by atoms with Gasteiger partial charge in [0.2, 0.25) is 5.91 Å². The first kappa shape index (κ1) is 13.4. The number of aliphatic hydroxyl groups is 1. The summed E-state index contributed by atoms with van der Waals surface area (Å²) in [6.45, 7) is 0.445. The van der Waals surface area contributed by atoms with Gasteiger partial charge < -0.3 is 15.3 Å². The van der Waals surface area contributed by atoms with E-state index in [9.17, 15) is 9.90 Å². The fourth-order valence-corrected chi connectivity index (χ4v) is 3.42. The average molecular weight is 274 g/mol. The maximum absolute atomic E-state index is 12.5. The van der Waals surface area contributed by atoms with Gasteiger partial charge in [0.05, 0.1) is 5.60 Å². The van der Waals surface area contributed by atoms with Crippen LogP contribution in [0, 0.1) is 0 Å². The van der Waals surface area contributed by atoms with Crippen LogP contribution in [0.5, 0.6) is 0 Å². The Balaban J connectivity index is 1.62. The van der Waals surface area contributed by atoms with E-state index in [4.69, 9.17) is 0 Å². The standard InChI is InChI=1S/C16H22N2O2/c1-18(11-16(20)8-4-5-9-16)15(19)14-10-12-6-2-3-7-13(12)17-14/h2-3,6-7,14,17,20H,4-5,8-11H2,1H3/t14-/m0/s1. The summed E-state index contributed by atoms with van der Waals surface area (Å²) in [5.41, 5.74) is 1.58. The predicted octanol–water partition coefficient (Wildman–Crippen LogP) is 1.79. The molecule has 0 saturated heterocycles. The minimum absolute atomic E-state index is 0.0709. The monoisotopic (exact) mass is 274 g/mol. The smallest absolute Gasteiger partial charge is 0.245 e. The molecule has 0 radical (unpaired) electrons. The molecule has 3 rings (SSSR count). The first-order valence-electron chi connectivity index (χ1n) is 7.39. The van der Waals surface area contributed by atoms with Crippen LogP contribution < -0.4 is 5.32 Å². The van der Waals surface area contributed by atoms with Crippen molar-refractivity contribution in [3.8, 4) is 0 Å². The zero-order valence-corrected chi connectivity index (χ0v) is 11.9. The zero-order chi connectivity index (χ0) is 14.2. The van der Waals surface area contributed by atoms with Gasteiger partial charge in [0, 0.05) is 25.7 Å². The molecule has 0 spiro atoms. The molecule has 0 unspecified atom stereocenters. The van der Waals surface area contributed by atoms with Crippen LogP contribution in [0.1, 0.15) is 31.2 Å². The number of nitrogens with one attached hydrogen (secondary N) is 1. The highest BCUT2D eigenvalue weighted by Gasteiger charge is 2.36. The molecule has 0 aromatic heterocycles. The van der Waals surface area contributed by atoms with Gasteiger partial charge in [-0.25, -0.2) is 0 Å². The number of hydrogen-bond acceptors (Lipinski definition) is 3. The van der Waals surface area contributed by atoms with Crippen LogP contribution in [0.15, 0.2) is 24.3 Å². The summed E-state index contributed by atoms with van der Waals surface area (Å²) in [7, 11) is 1.79. The predicted molar refractivity (Wildman–Crippen MR) is 78.6 cm³/mol. The number of carbonyl (C=O) groups is 1. The van der Waals surface area contributed by atoms with E-state index in [2.05, 4.69) is 11.4 Å². The van der Waals surface area contributed by atoms with Gasteiger partial charge in [0.1, 0.15) is 6.04 Å². The second-order valence-corrected chi connectivity index (χ2v) is 6.18. The van der Waals surface area contributed by atoms with Crippen LogP contribution in [-0.4, -0.2) is 41.1 Å². The largest absolute Gasteiger partial charge is 0.388 e. The number of benzene rings is 1. The molecule has 1 heterocycles. The van der Waals surface area contributed by atoms with Crippen LogP contribution in [0.25, 0.3) is 0 Å². The van der Waals surface area contributed by atoms with E-state index >= 15 is 0 Å². The summed E-state index contributed by atoms with van der Waals surface area (Å²) >= 11 is 0. The molecule has 1 aliphatic carbocycles. The van der Waals surface area contributed by atoms with E-state index in [1.807, 2.05) is 18.2 Å². The summed E-state index contributed by atoms with van der Waals surface area (Å²) in [5, 5.41) is 13.7. The zero-order valence-electron chi connectivity index (χ0n) is 11.9. The third kappa shape index (κ3) is 2.52. The number of likely N-dealkylation sites (N-methyl/N-ethyl adjacent to an activating group) is 1. The number of nitrogens with zero attached hydrogens (tertiary/aromatic N) is 1. The number of hydrogen-bond donors (Lipinski definition) is 2. The third-order valence-electron chi connectivity index (χ3n) is 4.51. The van der Waals surface area contributed by atoms with Crippen molar-refractivity contribution < 1.29 is 9.90 Å². The van der Waals surface area contributed by atoms with E-state index in [0.29, 0.717) is 6.54 Å². The van der Waals surface area contributed by atoms with E-state index in [1.54, 1.807) is 11.9 Å². The first-order chi connectivity index (χ1) is 9.57. The van der Waals surface area contributed by atoms with Crippen molar-refractivity contribution in [2.45, 2.75) is 43.7 Å². The molecule has 1 aliphatic heterocycles. The van der Waals surface area contributed by atoms with E-state index in [1.165, 1.54) is 5.56 Å². The number of fused-ring (bicyclic) bond motifs is 1. The SMILES string of the molecule is CN(CC1(O)CCCC1)C(=O)[C@@H]1Cc2ccccc2N1. The summed E-state index contributed by atoms with van der Waals surface area (Å²) in [6, 6.07) is 7.84. The molecule has 1 atom stereocenters. The second kappa shape index (κ2) is 5.09. The Labute approximate surface area is 119 Å². The van der Waals surface area contributed by atoms with Gasteiger partial charge in [0.25, 0.3) is 0 Å². The van der Waals surface area contributed by atoms with E-state index in [0.717, 1.165) is 37.8 Å². The molecule has 20 heavy (non-hydrogen) atoms. The van der Waals surface area contributed by atoms with Crippen molar-refractivity contribution in [1.82, 2.24) is 4.90 Å². The van der Waals surface area contributed by atoms with E-state index in [-0.39, 0.29) is 11.9 Å². The average Bonchev–Trinajstić information content (AvgIpc) is 3.03. The number of para-hydroxylation sites is 1. The number of carbonyl (C=O) groups excluding carboxylic acids is 1. The number of anilines is 1. The summed E-state index contributed by atoms with van der Waals surface area (Å²) in [4.78, 5) is 14.2. The number of rotatable bonds is 3. The normalized spacial score (nSPS) is 23.2. The van der Waals surface area contributed by atoms with Crippen molar-refractivity contribution in [2.24, 2.45) is 0 Å². The fourth-order valence-electron chi connectivity index (χ4n) is 3.42. The van der Waals surface area contributed by atoms with Gasteiger partial charge in [-0.3, -0.25) is 4.79 Å². The molecule has 1 saturated carbocycles. The van der Waals surface area contributed by atoms with Crippen LogP contribution in [-0.2, 0) is 11.2 Å². The van der Waals surface area contributed by atoms with Gasteiger partial charge in [-0.2, -0.15) is 0 Å². The highest BCUT2D eigenvalue weighted by atomic mass is 16.3. The third-order valence-corrected chi connectivity index (χ3v) is 4.51. The second-order valence-electron chi connectivity index (χ2n) is 6.18. The molecule has 1 amide bonds. The Morgan fingerprint density at radius 2 is 2.10 bits per heavy atom. The molecule has 1 aromatic carbocycles. The van der Waals surface area contributed by atoms with Gasteiger partial charge >= 0.3 is 0 Å². The molecular formula is C16H22N2O2.